The van der Waals surface area contributed by atoms with E-state index in [2.05, 4.69) is 9.98 Å². The fourth-order valence-electron chi connectivity index (χ4n) is 0.507. The second-order valence-electron chi connectivity index (χ2n) is 1.36. The van der Waals surface area contributed by atoms with Gasteiger partial charge >= 0.3 is 5.17 Å². The van der Waals surface area contributed by atoms with Crippen LogP contribution in [-0.2, 0) is 0 Å². The van der Waals surface area contributed by atoms with Crippen LogP contribution in [0.25, 0.3) is 0 Å². The Balaban J connectivity index is 2.58. The summed E-state index contributed by atoms with van der Waals surface area (Å²) in [7, 11) is 0. The molecule has 0 radical (unpaired) electrons. The summed E-state index contributed by atoms with van der Waals surface area (Å²) < 4.78 is 3.84. The molecule has 3 N–H and O–H groups in total. The van der Waals surface area contributed by atoms with E-state index in [4.69, 9.17) is 5.73 Å². The van der Waals surface area contributed by atoms with Crippen molar-refractivity contribution in [3.8, 4) is 0 Å². The highest BCUT2D eigenvalue weighted by Crippen LogP contribution is 2.02. The first-order valence-corrected chi connectivity index (χ1v) is 3.40. The minimum absolute atomic E-state index is 0.938. The van der Waals surface area contributed by atoms with Gasteiger partial charge in [0.05, 0.1) is 6.54 Å². The zero-order valence-corrected chi connectivity index (χ0v) is 5.24. The molecule has 1 saturated heterocycles. The molecule has 44 valence electrons. The van der Waals surface area contributed by atoms with Crippen LogP contribution in [0.4, 0.5) is 0 Å². The number of nitrogens with one attached hydrogen (secondary N) is 1. The van der Waals surface area contributed by atoms with Gasteiger partial charge in [0, 0.05) is 5.75 Å². The van der Waals surface area contributed by atoms with E-state index in [9.17, 15) is 0 Å². The Morgan fingerprint density at radius 3 is 3.25 bits per heavy atom. The van der Waals surface area contributed by atoms with Crippen molar-refractivity contribution in [1.82, 2.24) is 9.98 Å². The van der Waals surface area contributed by atoms with Gasteiger partial charge in [-0.2, -0.15) is 0 Å². The molecule has 0 aromatic heterocycles. The minimum Gasteiger partial charge on any atom is -0.312 e. The Hall–Kier alpha value is -0.600. The van der Waals surface area contributed by atoms with Gasteiger partial charge in [-0.05, 0) is 11.8 Å². The summed E-state index contributed by atoms with van der Waals surface area (Å²) >= 11 is 1.69. The molecule has 0 bridgehead atoms. The van der Waals surface area contributed by atoms with Crippen LogP contribution >= 0.6 is 11.8 Å². The fourth-order valence-corrected chi connectivity index (χ4v) is 1.24. The molecule has 0 spiro atoms. The highest BCUT2D eigenvalue weighted by atomic mass is 32.2. The van der Waals surface area contributed by atoms with Crippen LogP contribution in [-0.4, -0.2) is 23.8 Å². The van der Waals surface area contributed by atoms with E-state index in [0.717, 1.165) is 17.5 Å². The topological polar surface area (TPSA) is 52.2 Å². The van der Waals surface area contributed by atoms with Crippen molar-refractivity contribution in [2.75, 3.05) is 12.3 Å². The molecule has 0 saturated carbocycles. The Kier molecular flexibility index (Phi) is 1.83. The molecule has 1 heterocycles. The van der Waals surface area contributed by atoms with E-state index >= 15 is 0 Å². The van der Waals surface area contributed by atoms with Gasteiger partial charge in [-0.15, -0.1) is 0 Å². The summed E-state index contributed by atoms with van der Waals surface area (Å²) in [5.41, 5.74) is 5.04. The standard InChI is InChI=1S/C4H7N3S/c5-3-7-4-6-1-2-8-4/h3H,1-2H2,(H2,5,6,7)/p+1. The summed E-state index contributed by atoms with van der Waals surface area (Å²) in [6.45, 7) is 1.01. The third kappa shape index (κ3) is 1.18. The van der Waals surface area contributed by atoms with Gasteiger partial charge < -0.3 is 5.73 Å². The average molecular weight is 130 g/mol. The van der Waals surface area contributed by atoms with Crippen molar-refractivity contribution in [1.29, 1.82) is 0 Å². The molecule has 1 fully saturated rings. The van der Waals surface area contributed by atoms with Crippen molar-refractivity contribution in [3.05, 3.63) is 0 Å². The van der Waals surface area contributed by atoms with Gasteiger partial charge in [0.2, 0.25) is 0 Å². The molecule has 0 aliphatic carbocycles. The lowest BCUT2D eigenvalue weighted by Crippen LogP contribution is -2.16. The molecule has 8 heavy (non-hydrogen) atoms. The molecular weight excluding hydrogens is 122 g/mol. The molecule has 0 amide bonds. The first-order chi connectivity index (χ1) is 3.93. The number of rotatable bonds is 0. The molecule has 0 unspecified atom stereocenters. The van der Waals surface area contributed by atoms with Crippen LogP contribution in [0.2, 0.25) is 0 Å². The van der Waals surface area contributed by atoms with Gasteiger partial charge in [0.1, 0.15) is 0 Å². The van der Waals surface area contributed by atoms with Gasteiger partial charge in [-0.3, -0.25) is 5.32 Å². The van der Waals surface area contributed by atoms with Crippen molar-refractivity contribution in [2.45, 2.75) is 0 Å². The zero-order chi connectivity index (χ0) is 5.82. The van der Waals surface area contributed by atoms with Crippen molar-refractivity contribution in [2.24, 2.45) is 5.73 Å². The number of thioether (sulfide) groups is 1. The normalized spacial score (nSPS) is 17.2. The molecule has 1 rings (SSSR count). The lowest BCUT2D eigenvalue weighted by Gasteiger charge is -1.75. The highest BCUT2D eigenvalue weighted by molar-refractivity contribution is 8.14. The Morgan fingerprint density at radius 2 is 2.75 bits per heavy atom. The summed E-state index contributed by atoms with van der Waals surface area (Å²) in [6, 6.07) is 0. The molecule has 0 aromatic rings. The molecule has 0 aromatic carbocycles. The number of nitrogens with zero attached hydrogens (tertiary/aromatic N) is 1. The van der Waals surface area contributed by atoms with Gasteiger partial charge in [-0.25, -0.2) is 4.67 Å². The lowest BCUT2D eigenvalue weighted by molar-refractivity contribution is 1.02. The Bertz CT molecular complexity index is 128. The highest BCUT2D eigenvalue weighted by Gasteiger charge is 2.11. The first kappa shape index (κ1) is 5.54. The maximum atomic E-state index is 5.04. The van der Waals surface area contributed by atoms with Crippen LogP contribution in [0.5, 0.6) is 0 Å². The van der Waals surface area contributed by atoms with E-state index in [0.29, 0.717) is 0 Å². The number of amidine groups is 1. The summed E-state index contributed by atoms with van der Waals surface area (Å²) in [6.07, 6.45) is 1.31. The third-order valence-electron chi connectivity index (χ3n) is 0.809. The van der Waals surface area contributed by atoms with E-state index in [1.807, 2.05) is 0 Å². The summed E-state index contributed by atoms with van der Waals surface area (Å²) in [5.74, 6) is 1.10. The fraction of sp³-hybridized carbons (Fsp3) is 0.500. The molecule has 0 atom stereocenters. The zero-order valence-electron chi connectivity index (χ0n) is 4.42. The van der Waals surface area contributed by atoms with Crippen LogP contribution in [0, 0.1) is 0 Å². The van der Waals surface area contributed by atoms with Gasteiger partial charge in [-0.1, -0.05) is 0 Å². The Labute approximate surface area is 52.1 Å². The number of hydrogen-bond acceptors (Lipinski definition) is 1. The Morgan fingerprint density at radius 1 is 1.88 bits per heavy atom. The van der Waals surface area contributed by atoms with Crippen LogP contribution in [0.15, 0.2) is 0 Å². The second kappa shape index (κ2) is 2.64. The van der Waals surface area contributed by atoms with Crippen molar-refractivity contribution in [3.63, 3.8) is 0 Å². The number of nitrogens with two attached hydrogens (primary N) is 1. The van der Waals surface area contributed by atoms with Gasteiger partial charge in [0.25, 0.3) is 6.34 Å². The molecule has 4 heteroatoms. The maximum absolute atomic E-state index is 5.04. The smallest absolute Gasteiger partial charge is 0.312 e. The van der Waals surface area contributed by atoms with E-state index < -0.39 is 0 Å². The average Bonchev–Trinajstić information content (AvgIpc) is 2.19. The quantitative estimate of drug-likeness (QED) is 0.244. The summed E-state index contributed by atoms with van der Waals surface area (Å²) in [5, 5.41) is 4.00. The predicted molar refractivity (Wildman–Crippen MR) is 37.9 cm³/mol. The molecular formula is C4H8N3S+. The van der Waals surface area contributed by atoms with Crippen LogP contribution in [0.3, 0.4) is 0 Å². The predicted octanol–water partition coefficient (Wildman–Crippen LogP) is -1.27. The molecule has 1 aliphatic rings. The molecule has 3 nitrogen and oxygen atoms in total. The minimum atomic E-state index is 0.938. The third-order valence-corrected chi connectivity index (χ3v) is 1.74. The second-order valence-corrected chi connectivity index (χ2v) is 2.44. The van der Waals surface area contributed by atoms with Gasteiger partial charge in [0.15, 0.2) is 0 Å². The first-order valence-electron chi connectivity index (χ1n) is 2.41. The molecule has 1 aliphatic heterocycles. The van der Waals surface area contributed by atoms with Crippen molar-refractivity contribution < 1.29 is 0 Å². The lowest BCUT2D eigenvalue weighted by atomic mass is 10.8. The van der Waals surface area contributed by atoms with Crippen LogP contribution in [0.1, 0.15) is 0 Å². The van der Waals surface area contributed by atoms with Crippen LogP contribution < -0.4 is 15.7 Å². The summed E-state index contributed by atoms with van der Waals surface area (Å²) in [4.78, 5) is 0. The maximum Gasteiger partial charge on any atom is 0.345 e. The van der Waals surface area contributed by atoms with E-state index in [1.54, 1.807) is 11.8 Å². The SMILES string of the molecule is NC=[N+]=C1NCCS1. The van der Waals surface area contributed by atoms with E-state index in [-0.39, 0.29) is 0 Å². The largest absolute Gasteiger partial charge is 0.345 e. The number of hydrogen-bond donors (Lipinski definition) is 2. The van der Waals surface area contributed by atoms with Crippen molar-refractivity contribution >= 4 is 23.3 Å². The van der Waals surface area contributed by atoms with E-state index in [1.165, 1.54) is 6.34 Å². The monoisotopic (exact) mass is 130 g/mol.